The van der Waals surface area contributed by atoms with Gasteiger partial charge in [-0.1, -0.05) is 18.2 Å². The third-order valence-electron chi connectivity index (χ3n) is 3.76. The fourth-order valence-corrected chi connectivity index (χ4v) is 2.54. The first-order chi connectivity index (χ1) is 11.8. The minimum Gasteiger partial charge on any atom is -0.508 e. The molecule has 4 aromatic rings. The van der Waals surface area contributed by atoms with Crippen molar-refractivity contribution in [1.29, 1.82) is 0 Å². The number of fused-ring (bicyclic) bond motifs is 1. The molecule has 3 N–H and O–H groups in total. The van der Waals surface area contributed by atoms with E-state index in [9.17, 15) is 5.11 Å². The van der Waals surface area contributed by atoms with Gasteiger partial charge in [-0.3, -0.25) is 10.1 Å². The first-order valence-electron chi connectivity index (χ1n) is 7.56. The highest BCUT2D eigenvalue weighted by atomic mass is 16.3. The summed E-state index contributed by atoms with van der Waals surface area (Å²) < 4.78 is 0. The molecule has 0 saturated heterocycles. The zero-order valence-corrected chi connectivity index (χ0v) is 12.8. The van der Waals surface area contributed by atoms with Crippen LogP contribution >= 0.6 is 0 Å². The molecule has 0 spiro atoms. The van der Waals surface area contributed by atoms with Gasteiger partial charge >= 0.3 is 0 Å². The topological polar surface area (TPSA) is 86.7 Å². The fraction of sp³-hybridized carbons (Fsp3) is 0.0556. The average molecular weight is 317 g/mol. The van der Waals surface area contributed by atoms with Gasteiger partial charge in [0.25, 0.3) is 0 Å². The molecule has 2 heterocycles. The lowest BCUT2D eigenvalue weighted by molar-refractivity contribution is 0.474. The van der Waals surface area contributed by atoms with Crippen LogP contribution in [0.2, 0.25) is 0 Å². The number of aromatic nitrogens is 4. The zero-order valence-electron chi connectivity index (χ0n) is 12.8. The van der Waals surface area contributed by atoms with Gasteiger partial charge in [0.15, 0.2) is 0 Å². The normalized spacial score (nSPS) is 10.8. The van der Waals surface area contributed by atoms with Crippen LogP contribution in [0.1, 0.15) is 5.56 Å². The molecule has 6 heteroatoms. The maximum Gasteiger partial charge on any atom is 0.145 e. The van der Waals surface area contributed by atoms with Crippen molar-refractivity contribution in [2.24, 2.45) is 0 Å². The third kappa shape index (κ3) is 2.89. The number of nitrogens with zero attached hydrogens (tertiary/aromatic N) is 3. The predicted molar refractivity (Wildman–Crippen MR) is 92.6 cm³/mol. The highest BCUT2D eigenvalue weighted by Crippen LogP contribution is 2.22. The van der Waals surface area contributed by atoms with Crippen molar-refractivity contribution in [3.8, 4) is 16.9 Å². The number of hydrogen-bond acceptors (Lipinski definition) is 5. The molecular weight excluding hydrogens is 302 g/mol. The summed E-state index contributed by atoms with van der Waals surface area (Å²) in [5, 5.41) is 19.5. The van der Waals surface area contributed by atoms with Gasteiger partial charge in [-0.05, 0) is 35.4 Å². The van der Waals surface area contributed by atoms with Crippen molar-refractivity contribution in [3.05, 3.63) is 66.6 Å². The Morgan fingerprint density at radius 3 is 2.79 bits per heavy atom. The number of aromatic hydroxyl groups is 1. The van der Waals surface area contributed by atoms with Gasteiger partial charge in [0.2, 0.25) is 0 Å². The van der Waals surface area contributed by atoms with Crippen molar-refractivity contribution < 1.29 is 5.11 Å². The molecular formula is C18H15N5O. The number of phenols is 1. The highest BCUT2D eigenvalue weighted by molar-refractivity contribution is 5.81. The van der Waals surface area contributed by atoms with Crippen LogP contribution in [-0.2, 0) is 6.54 Å². The number of anilines is 1. The van der Waals surface area contributed by atoms with Crippen molar-refractivity contribution >= 4 is 16.9 Å². The molecule has 118 valence electrons. The second-order valence-electron chi connectivity index (χ2n) is 5.47. The highest BCUT2D eigenvalue weighted by Gasteiger charge is 2.04. The number of rotatable bonds is 4. The molecule has 0 amide bonds. The van der Waals surface area contributed by atoms with Crippen LogP contribution in [0, 0.1) is 0 Å². The molecule has 0 atom stereocenters. The molecule has 0 aliphatic carbocycles. The monoisotopic (exact) mass is 317 g/mol. The van der Waals surface area contributed by atoms with E-state index >= 15 is 0 Å². The number of aromatic amines is 1. The van der Waals surface area contributed by atoms with Crippen LogP contribution < -0.4 is 5.32 Å². The van der Waals surface area contributed by atoms with Gasteiger partial charge < -0.3 is 10.4 Å². The second-order valence-corrected chi connectivity index (χ2v) is 5.47. The van der Waals surface area contributed by atoms with Gasteiger partial charge in [0, 0.05) is 18.3 Å². The van der Waals surface area contributed by atoms with Crippen LogP contribution in [0.15, 0.2) is 61.1 Å². The Balaban J connectivity index is 1.56. The molecule has 0 aliphatic heterocycles. The summed E-state index contributed by atoms with van der Waals surface area (Å²) >= 11 is 0. The minimum absolute atomic E-state index is 0.255. The Bertz CT molecular complexity index is 982. The van der Waals surface area contributed by atoms with Crippen LogP contribution in [0.5, 0.6) is 5.75 Å². The van der Waals surface area contributed by atoms with Crippen LogP contribution in [-0.4, -0.2) is 25.3 Å². The lowest BCUT2D eigenvalue weighted by Crippen LogP contribution is -2.02. The molecule has 0 saturated carbocycles. The fourth-order valence-electron chi connectivity index (χ4n) is 2.54. The summed E-state index contributed by atoms with van der Waals surface area (Å²) in [5.41, 5.74) is 4.70. The summed E-state index contributed by atoms with van der Waals surface area (Å²) in [7, 11) is 0. The van der Waals surface area contributed by atoms with Crippen molar-refractivity contribution in [2.75, 3.05) is 5.32 Å². The van der Waals surface area contributed by atoms with Gasteiger partial charge in [0.05, 0.1) is 23.4 Å². The number of phenolic OH excluding ortho intramolecular Hbond substituents is 1. The Labute approximate surface area is 138 Å². The first kappa shape index (κ1) is 14.2. The molecule has 4 rings (SSSR count). The van der Waals surface area contributed by atoms with Crippen molar-refractivity contribution in [1.82, 2.24) is 20.2 Å². The SMILES string of the molecule is Oc1cccc(CNc2cnc3cc(-c4cn[nH]c4)ccc3n2)c1. The summed E-state index contributed by atoms with van der Waals surface area (Å²) in [5.74, 6) is 0.951. The summed E-state index contributed by atoms with van der Waals surface area (Å²) in [6, 6.07) is 13.1. The average Bonchev–Trinajstić information content (AvgIpc) is 3.14. The standard InChI is InChI=1S/C18H15N5O/c24-15-3-1-2-12(6-15)8-20-18-11-19-17-7-13(4-5-16(17)23-18)14-9-21-22-10-14/h1-7,9-11,24H,8H2,(H,20,23)(H,21,22). The van der Waals surface area contributed by atoms with E-state index in [0.717, 1.165) is 27.7 Å². The molecule has 6 nitrogen and oxygen atoms in total. The van der Waals surface area contributed by atoms with E-state index in [1.807, 2.05) is 36.5 Å². The number of nitrogens with one attached hydrogen (secondary N) is 2. The van der Waals surface area contributed by atoms with Gasteiger partial charge in [-0.2, -0.15) is 5.10 Å². The molecule has 2 aromatic carbocycles. The van der Waals surface area contributed by atoms with Crippen molar-refractivity contribution in [2.45, 2.75) is 6.54 Å². The maximum atomic E-state index is 9.49. The van der Waals surface area contributed by atoms with Crippen molar-refractivity contribution in [3.63, 3.8) is 0 Å². The Morgan fingerprint density at radius 2 is 1.96 bits per heavy atom. The Hall–Kier alpha value is -3.41. The van der Waals surface area contributed by atoms with Gasteiger partial charge in [-0.25, -0.2) is 4.98 Å². The molecule has 0 radical (unpaired) electrons. The summed E-state index contributed by atoms with van der Waals surface area (Å²) in [4.78, 5) is 9.05. The number of benzene rings is 2. The summed E-state index contributed by atoms with van der Waals surface area (Å²) in [6.07, 6.45) is 5.34. The molecule has 0 aliphatic rings. The quantitative estimate of drug-likeness (QED) is 0.537. The Kier molecular flexibility index (Phi) is 3.55. The van der Waals surface area contributed by atoms with Crippen LogP contribution in [0.4, 0.5) is 5.82 Å². The van der Waals surface area contributed by atoms with Crippen LogP contribution in [0.3, 0.4) is 0 Å². The van der Waals surface area contributed by atoms with E-state index in [1.54, 1.807) is 24.5 Å². The van der Waals surface area contributed by atoms with E-state index in [0.29, 0.717) is 12.4 Å². The zero-order chi connectivity index (χ0) is 16.4. The van der Waals surface area contributed by atoms with Crippen LogP contribution in [0.25, 0.3) is 22.2 Å². The van der Waals surface area contributed by atoms with E-state index < -0.39 is 0 Å². The molecule has 0 unspecified atom stereocenters. The third-order valence-corrected chi connectivity index (χ3v) is 3.76. The van der Waals surface area contributed by atoms with Gasteiger partial charge in [0.1, 0.15) is 11.6 Å². The number of H-pyrrole nitrogens is 1. The maximum absolute atomic E-state index is 9.49. The molecule has 0 fully saturated rings. The van der Waals surface area contributed by atoms with E-state index in [2.05, 4.69) is 25.5 Å². The largest absolute Gasteiger partial charge is 0.508 e. The van der Waals surface area contributed by atoms with Gasteiger partial charge in [-0.15, -0.1) is 0 Å². The van der Waals surface area contributed by atoms with E-state index in [4.69, 9.17) is 0 Å². The number of hydrogen-bond donors (Lipinski definition) is 3. The minimum atomic E-state index is 0.255. The van der Waals surface area contributed by atoms with E-state index in [-0.39, 0.29) is 5.75 Å². The smallest absolute Gasteiger partial charge is 0.145 e. The predicted octanol–water partition coefficient (Wildman–Crippen LogP) is 3.34. The molecule has 2 aromatic heterocycles. The first-order valence-corrected chi connectivity index (χ1v) is 7.56. The summed E-state index contributed by atoms with van der Waals surface area (Å²) in [6.45, 7) is 0.571. The lowest BCUT2D eigenvalue weighted by Gasteiger charge is -2.07. The van der Waals surface area contributed by atoms with E-state index in [1.165, 1.54) is 0 Å². The molecule has 0 bridgehead atoms. The lowest BCUT2D eigenvalue weighted by atomic mass is 10.1. The second kappa shape index (κ2) is 6.00. The molecule has 24 heavy (non-hydrogen) atoms. The Morgan fingerprint density at radius 1 is 1.00 bits per heavy atom.